The SMILES string of the molecule is CC(C#N)(CCCCSc1ccncc1)NC1CC1. The molecule has 0 saturated heterocycles. The average molecular weight is 275 g/mol. The smallest absolute Gasteiger partial charge is 0.104 e. The van der Waals surface area contributed by atoms with E-state index in [9.17, 15) is 5.26 Å². The summed E-state index contributed by atoms with van der Waals surface area (Å²) in [4.78, 5) is 5.28. The van der Waals surface area contributed by atoms with Crippen molar-refractivity contribution in [3.05, 3.63) is 24.5 Å². The molecule has 19 heavy (non-hydrogen) atoms. The first-order valence-corrected chi connectivity index (χ1v) is 7.92. The fourth-order valence-corrected chi connectivity index (χ4v) is 2.94. The monoisotopic (exact) mass is 275 g/mol. The number of hydrogen-bond acceptors (Lipinski definition) is 4. The molecule has 0 aliphatic heterocycles. The van der Waals surface area contributed by atoms with E-state index in [-0.39, 0.29) is 5.54 Å². The van der Waals surface area contributed by atoms with Gasteiger partial charge in [-0.25, -0.2) is 0 Å². The Bertz CT molecular complexity index is 425. The van der Waals surface area contributed by atoms with Crippen molar-refractivity contribution < 1.29 is 0 Å². The van der Waals surface area contributed by atoms with Crippen LogP contribution in [0.2, 0.25) is 0 Å². The Kier molecular flexibility index (Phi) is 5.24. The van der Waals surface area contributed by atoms with Gasteiger partial charge in [0.1, 0.15) is 5.54 Å². The Morgan fingerprint density at radius 3 is 2.79 bits per heavy atom. The molecular weight excluding hydrogens is 254 g/mol. The topological polar surface area (TPSA) is 48.7 Å². The van der Waals surface area contributed by atoms with E-state index >= 15 is 0 Å². The minimum atomic E-state index is -0.331. The van der Waals surface area contributed by atoms with Crippen LogP contribution in [0, 0.1) is 11.3 Å². The minimum Gasteiger partial charge on any atom is -0.297 e. The molecule has 1 unspecified atom stereocenters. The van der Waals surface area contributed by atoms with Crippen LogP contribution in [0.15, 0.2) is 29.4 Å². The summed E-state index contributed by atoms with van der Waals surface area (Å²) in [5, 5.41) is 12.7. The second kappa shape index (κ2) is 6.93. The summed E-state index contributed by atoms with van der Waals surface area (Å²) in [6.45, 7) is 2.03. The predicted octanol–water partition coefficient (Wildman–Crippen LogP) is 3.38. The number of hydrogen-bond donors (Lipinski definition) is 1. The van der Waals surface area contributed by atoms with Crippen molar-refractivity contribution in [3.8, 4) is 6.07 Å². The van der Waals surface area contributed by atoms with Crippen LogP contribution in [0.25, 0.3) is 0 Å². The first kappa shape index (κ1) is 14.4. The Labute approximate surface area is 119 Å². The maximum Gasteiger partial charge on any atom is 0.104 e. The third-order valence-electron chi connectivity index (χ3n) is 3.34. The molecule has 4 heteroatoms. The Hall–Kier alpha value is -1.05. The van der Waals surface area contributed by atoms with Gasteiger partial charge in [-0.15, -0.1) is 11.8 Å². The molecule has 1 saturated carbocycles. The van der Waals surface area contributed by atoms with Crippen LogP contribution in [0.5, 0.6) is 0 Å². The van der Waals surface area contributed by atoms with E-state index in [0.29, 0.717) is 6.04 Å². The quantitative estimate of drug-likeness (QED) is 0.583. The van der Waals surface area contributed by atoms with E-state index in [0.717, 1.165) is 25.0 Å². The first-order valence-electron chi connectivity index (χ1n) is 6.94. The summed E-state index contributed by atoms with van der Waals surface area (Å²) >= 11 is 1.86. The van der Waals surface area contributed by atoms with Gasteiger partial charge < -0.3 is 0 Å². The molecule has 1 atom stereocenters. The van der Waals surface area contributed by atoms with Gasteiger partial charge >= 0.3 is 0 Å². The zero-order valence-electron chi connectivity index (χ0n) is 11.4. The number of thioether (sulfide) groups is 1. The molecule has 1 aliphatic carbocycles. The van der Waals surface area contributed by atoms with Crippen LogP contribution in [0.3, 0.4) is 0 Å². The molecule has 0 amide bonds. The van der Waals surface area contributed by atoms with Crippen LogP contribution < -0.4 is 5.32 Å². The van der Waals surface area contributed by atoms with Gasteiger partial charge in [0.15, 0.2) is 0 Å². The lowest BCUT2D eigenvalue weighted by atomic mass is 9.96. The van der Waals surface area contributed by atoms with Crippen molar-refractivity contribution in [2.24, 2.45) is 0 Å². The number of aromatic nitrogens is 1. The third-order valence-corrected chi connectivity index (χ3v) is 4.43. The third kappa shape index (κ3) is 5.22. The van der Waals surface area contributed by atoms with E-state index in [1.54, 1.807) is 0 Å². The van der Waals surface area contributed by atoms with E-state index in [2.05, 4.69) is 16.4 Å². The number of nitrogens with zero attached hydrogens (tertiary/aromatic N) is 2. The highest BCUT2D eigenvalue weighted by molar-refractivity contribution is 7.99. The largest absolute Gasteiger partial charge is 0.297 e. The van der Waals surface area contributed by atoms with Crippen LogP contribution >= 0.6 is 11.8 Å². The molecule has 1 aliphatic rings. The summed E-state index contributed by atoms with van der Waals surface area (Å²) in [7, 11) is 0. The highest BCUT2D eigenvalue weighted by Crippen LogP contribution is 2.25. The van der Waals surface area contributed by atoms with E-state index in [1.165, 1.54) is 17.7 Å². The van der Waals surface area contributed by atoms with E-state index in [1.807, 2.05) is 43.2 Å². The molecule has 3 nitrogen and oxygen atoms in total. The van der Waals surface area contributed by atoms with Gasteiger partial charge in [-0.1, -0.05) is 0 Å². The molecule has 2 rings (SSSR count). The second-order valence-electron chi connectivity index (χ2n) is 5.35. The van der Waals surface area contributed by atoms with Crippen LogP contribution in [-0.4, -0.2) is 22.3 Å². The lowest BCUT2D eigenvalue weighted by molar-refractivity contribution is 0.402. The molecule has 102 valence electrons. The standard InChI is InChI=1S/C15H21N3S/c1-15(12-16,18-13-4-5-13)8-2-3-11-19-14-6-9-17-10-7-14/h6-7,9-10,13,18H,2-5,8,11H2,1H3. The number of rotatable bonds is 8. The average Bonchev–Trinajstić information content (AvgIpc) is 3.23. The number of nitrogens with one attached hydrogen (secondary N) is 1. The van der Waals surface area contributed by atoms with Crippen molar-refractivity contribution in [2.45, 2.75) is 55.5 Å². The summed E-state index contributed by atoms with van der Waals surface area (Å²) in [6, 6.07) is 7.11. The first-order chi connectivity index (χ1) is 9.22. The summed E-state index contributed by atoms with van der Waals surface area (Å²) in [5.41, 5.74) is -0.331. The number of pyridine rings is 1. The molecular formula is C15H21N3S. The second-order valence-corrected chi connectivity index (χ2v) is 6.52. The molecule has 0 aromatic carbocycles. The zero-order valence-corrected chi connectivity index (χ0v) is 12.2. The normalized spacial score (nSPS) is 17.7. The van der Waals surface area contributed by atoms with E-state index in [4.69, 9.17) is 0 Å². The molecule has 0 radical (unpaired) electrons. The van der Waals surface area contributed by atoms with Gasteiger partial charge in [-0.2, -0.15) is 5.26 Å². The van der Waals surface area contributed by atoms with Crippen molar-refractivity contribution >= 4 is 11.8 Å². The molecule has 1 heterocycles. The Morgan fingerprint density at radius 1 is 1.42 bits per heavy atom. The fraction of sp³-hybridized carbons (Fsp3) is 0.600. The van der Waals surface area contributed by atoms with E-state index < -0.39 is 0 Å². The zero-order chi connectivity index (χ0) is 13.6. The highest BCUT2D eigenvalue weighted by atomic mass is 32.2. The van der Waals surface area contributed by atoms with Crippen molar-refractivity contribution in [1.29, 1.82) is 5.26 Å². The molecule has 0 spiro atoms. The minimum absolute atomic E-state index is 0.331. The molecule has 1 fully saturated rings. The van der Waals surface area contributed by atoms with Crippen molar-refractivity contribution in [3.63, 3.8) is 0 Å². The van der Waals surface area contributed by atoms with Gasteiger partial charge in [-0.05, 0) is 56.9 Å². The Morgan fingerprint density at radius 2 is 2.16 bits per heavy atom. The maximum atomic E-state index is 9.27. The predicted molar refractivity (Wildman–Crippen MR) is 79.0 cm³/mol. The van der Waals surface area contributed by atoms with Gasteiger partial charge in [-0.3, -0.25) is 10.3 Å². The summed E-state index contributed by atoms with van der Waals surface area (Å²) in [5.74, 6) is 1.11. The van der Waals surface area contributed by atoms with Gasteiger partial charge in [0.25, 0.3) is 0 Å². The van der Waals surface area contributed by atoms with Crippen LogP contribution in [-0.2, 0) is 0 Å². The maximum absolute atomic E-state index is 9.27. The van der Waals surface area contributed by atoms with Crippen molar-refractivity contribution in [2.75, 3.05) is 5.75 Å². The van der Waals surface area contributed by atoms with Gasteiger partial charge in [0.05, 0.1) is 6.07 Å². The summed E-state index contributed by atoms with van der Waals surface area (Å²) < 4.78 is 0. The van der Waals surface area contributed by atoms with Crippen LogP contribution in [0.4, 0.5) is 0 Å². The van der Waals surface area contributed by atoms with Gasteiger partial charge in [0, 0.05) is 23.3 Å². The molecule has 1 N–H and O–H groups in total. The number of unbranched alkanes of at least 4 members (excludes halogenated alkanes) is 1. The van der Waals surface area contributed by atoms with Gasteiger partial charge in [0.2, 0.25) is 0 Å². The lowest BCUT2D eigenvalue weighted by Gasteiger charge is -2.23. The van der Waals surface area contributed by atoms with Crippen LogP contribution in [0.1, 0.15) is 39.0 Å². The van der Waals surface area contributed by atoms with Crippen molar-refractivity contribution in [1.82, 2.24) is 10.3 Å². The molecule has 1 aromatic rings. The molecule has 1 aromatic heterocycles. The fourth-order valence-electron chi connectivity index (χ4n) is 2.04. The summed E-state index contributed by atoms with van der Waals surface area (Å²) in [6.07, 6.45) is 9.31. The molecule has 0 bridgehead atoms. The Balaban J connectivity index is 1.61. The number of nitriles is 1. The lowest BCUT2D eigenvalue weighted by Crippen LogP contribution is -2.42. The highest BCUT2D eigenvalue weighted by Gasteiger charge is 2.31.